The van der Waals surface area contributed by atoms with E-state index in [-0.39, 0.29) is 0 Å². The van der Waals surface area contributed by atoms with Crippen LogP contribution in [0.15, 0.2) is 11.8 Å². The van der Waals surface area contributed by atoms with Crippen molar-refractivity contribution >= 4 is 5.97 Å². The van der Waals surface area contributed by atoms with Gasteiger partial charge in [-0.15, -0.1) is 0 Å². The lowest BCUT2D eigenvalue weighted by Crippen LogP contribution is -2.27. The van der Waals surface area contributed by atoms with Gasteiger partial charge in [-0.25, -0.2) is 0 Å². The van der Waals surface area contributed by atoms with Gasteiger partial charge in [-0.3, -0.25) is 4.79 Å². The van der Waals surface area contributed by atoms with Crippen molar-refractivity contribution in [3.8, 4) is 0 Å². The number of carbonyl (C=O) groups is 1. The number of ether oxygens (including phenoxy) is 1. The summed E-state index contributed by atoms with van der Waals surface area (Å²) in [5.41, 5.74) is -0.639. The van der Waals surface area contributed by atoms with Crippen molar-refractivity contribution in [2.75, 3.05) is 6.61 Å². The van der Waals surface area contributed by atoms with E-state index in [1.54, 1.807) is 0 Å². The second kappa shape index (κ2) is 2.00. The summed E-state index contributed by atoms with van der Waals surface area (Å²) in [6.07, 6.45) is 4.12. The van der Waals surface area contributed by atoms with Gasteiger partial charge in [0.15, 0.2) is 0 Å². The lowest BCUT2D eigenvalue weighted by molar-refractivity contribution is -0.146. The molecule has 2 aliphatic rings. The van der Waals surface area contributed by atoms with E-state index in [0.717, 1.165) is 12.8 Å². The predicted molar refractivity (Wildman–Crippen MR) is 38.0 cm³/mol. The zero-order valence-electron chi connectivity index (χ0n) is 6.17. The monoisotopic (exact) mass is 154 g/mol. The van der Waals surface area contributed by atoms with Crippen LogP contribution < -0.4 is 0 Å². The van der Waals surface area contributed by atoms with Gasteiger partial charge in [-0.1, -0.05) is 0 Å². The van der Waals surface area contributed by atoms with Crippen LogP contribution in [-0.4, -0.2) is 17.7 Å². The maximum absolute atomic E-state index is 10.9. The first kappa shape index (κ1) is 6.70. The van der Waals surface area contributed by atoms with Crippen LogP contribution in [0.5, 0.6) is 0 Å². The van der Waals surface area contributed by atoms with Crippen LogP contribution in [0.3, 0.4) is 0 Å². The number of fused-ring (bicyclic) bond motifs is 1. The Kier molecular flexibility index (Phi) is 1.22. The van der Waals surface area contributed by atoms with Crippen LogP contribution in [0, 0.1) is 5.41 Å². The van der Waals surface area contributed by atoms with Gasteiger partial charge in [0, 0.05) is 6.42 Å². The Labute approximate surface area is 64.7 Å². The molecule has 3 heteroatoms. The number of hydrogen-bond donors (Lipinski definition) is 1. The number of rotatable bonds is 1. The Morgan fingerprint density at radius 1 is 1.64 bits per heavy atom. The number of carboxylic acid groups (broad SMARTS) is 1. The van der Waals surface area contributed by atoms with Crippen molar-refractivity contribution in [1.29, 1.82) is 0 Å². The summed E-state index contributed by atoms with van der Waals surface area (Å²) in [6.45, 7) is 0.568. The summed E-state index contributed by atoms with van der Waals surface area (Å²) in [5.74, 6) is -0.0243. The molecule has 1 saturated heterocycles. The molecule has 0 aromatic rings. The molecule has 0 spiro atoms. The first-order chi connectivity index (χ1) is 5.26. The van der Waals surface area contributed by atoms with Crippen molar-refractivity contribution in [2.45, 2.75) is 19.3 Å². The van der Waals surface area contributed by atoms with Gasteiger partial charge in [-0.05, 0) is 18.9 Å². The van der Waals surface area contributed by atoms with Gasteiger partial charge in [0.1, 0.15) is 11.2 Å². The predicted octanol–water partition coefficient (Wildman–Crippen LogP) is 1.16. The highest BCUT2D eigenvalue weighted by atomic mass is 16.5. The SMILES string of the molecule is O=C(O)C12CCC=C1OCC2. The number of aliphatic carboxylic acids is 1. The van der Waals surface area contributed by atoms with Gasteiger partial charge in [0.05, 0.1) is 6.61 Å². The van der Waals surface area contributed by atoms with Crippen LogP contribution in [-0.2, 0) is 9.53 Å². The second-order valence-electron chi connectivity index (χ2n) is 3.09. The summed E-state index contributed by atoms with van der Waals surface area (Å²) in [4.78, 5) is 10.9. The van der Waals surface area contributed by atoms with Gasteiger partial charge < -0.3 is 9.84 Å². The van der Waals surface area contributed by atoms with Crippen LogP contribution >= 0.6 is 0 Å². The third kappa shape index (κ3) is 0.708. The highest BCUT2D eigenvalue weighted by Crippen LogP contribution is 2.47. The van der Waals surface area contributed by atoms with Crippen LogP contribution in [0.4, 0.5) is 0 Å². The van der Waals surface area contributed by atoms with E-state index in [4.69, 9.17) is 9.84 Å². The van der Waals surface area contributed by atoms with Crippen LogP contribution in [0.25, 0.3) is 0 Å². The largest absolute Gasteiger partial charge is 0.497 e. The molecule has 1 atom stereocenters. The Morgan fingerprint density at radius 3 is 3.09 bits per heavy atom. The minimum absolute atomic E-state index is 0.568. The van der Waals surface area contributed by atoms with Crippen LogP contribution in [0.2, 0.25) is 0 Å². The molecule has 60 valence electrons. The van der Waals surface area contributed by atoms with E-state index in [2.05, 4.69) is 0 Å². The van der Waals surface area contributed by atoms with Crippen molar-refractivity contribution < 1.29 is 14.6 Å². The number of allylic oxidation sites excluding steroid dienone is 1. The maximum atomic E-state index is 10.9. The molecule has 0 aromatic carbocycles. The molecular formula is C8H10O3. The fourth-order valence-electron chi connectivity index (χ4n) is 1.87. The minimum atomic E-state index is -0.723. The molecule has 11 heavy (non-hydrogen) atoms. The molecular weight excluding hydrogens is 144 g/mol. The van der Waals surface area contributed by atoms with Crippen LogP contribution in [0.1, 0.15) is 19.3 Å². The molecule has 2 rings (SSSR count). The third-order valence-electron chi connectivity index (χ3n) is 2.57. The molecule has 1 aliphatic heterocycles. The fraction of sp³-hybridized carbons (Fsp3) is 0.625. The van der Waals surface area contributed by atoms with E-state index in [1.165, 1.54) is 0 Å². The molecule has 0 radical (unpaired) electrons. The standard InChI is InChI=1S/C8H10O3/c9-7(10)8-3-1-2-6(8)11-5-4-8/h2H,1,3-5H2,(H,9,10). The Morgan fingerprint density at radius 2 is 2.45 bits per heavy atom. The van der Waals surface area contributed by atoms with Crippen molar-refractivity contribution in [1.82, 2.24) is 0 Å². The first-order valence-corrected chi connectivity index (χ1v) is 3.82. The molecule has 0 bridgehead atoms. The average Bonchev–Trinajstić information content (AvgIpc) is 2.40. The molecule has 3 nitrogen and oxygen atoms in total. The van der Waals surface area contributed by atoms with Gasteiger partial charge in [-0.2, -0.15) is 0 Å². The maximum Gasteiger partial charge on any atom is 0.317 e. The fourth-order valence-corrected chi connectivity index (χ4v) is 1.87. The molecule has 1 aliphatic carbocycles. The summed E-state index contributed by atoms with van der Waals surface area (Å²) in [7, 11) is 0. The summed E-state index contributed by atoms with van der Waals surface area (Å²) in [5, 5.41) is 8.95. The minimum Gasteiger partial charge on any atom is -0.497 e. The number of carboxylic acids is 1. The molecule has 1 N–H and O–H groups in total. The van der Waals surface area contributed by atoms with E-state index in [1.807, 2.05) is 6.08 Å². The molecule has 1 heterocycles. The van der Waals surface area contributed by atoms with E-state index >= 15 is 0 Å². The normalized spacial score (nSPS) is 34.4. The van der Waals surface area contributed by atoms with Crippen molar-refractivity contribution in [3.63, 3.8) is 0 Å². The van der Waals surface area contributed by atoms with E-state index < -0.39 is 11.4 Å². The Hall–Kier alpha value is -0.990. The number of hydrogen-bond acceptors (Lipinski definition) is 2. The highest BCUT2D eigenvalue weighted by Gasteiger charge is 2.49. The Bertz CT molecular complexity index is 231. The summed E-state index contributed by atoms with van der Waals surface area (Å²) < 4.78 is 5.22. The van der Waals surface area contributed by atoms with Gasteiger partial charge in [0.2, 0.25) is 0 Å². The third-order valence-corrected chi connectivity index (χ3v) is 2.57. The van der Waals surface area contributed by atoms with Gasteiger partial charge >= 0.3 is 5.97 Å². The first-order valence-electron chi connectivity index (χ1n) is 3.82. The Balaban J connectivity index is 2.37. The summed E-state index contributed by atoms with van der Waals surface area (Å²) >= 11 is 0. The van der Waals surface area contributed by atoms with Crippen molar-refractivity contribution in [2.24, 2.45) is 5.41 Å². The summed E-state index contributed by atoms with van der Waals surface area (Å²) in [6, 6.07) is 0. The average molecular weight is 154 g/mol. The second-order valence-corrected chi connectivity index (χ2v) is 3.09. The highest BCUT2D eigenvalue weighted by molar-refractivity contribution is 5.79. The smallest absolute Gasteiger partial charge is 0.317 e. The van der Waals surface area contributed by atoms with E-state index in [9.17, 15) is 4.79 Å². The molecule has 0 amide bonds. The topological polar surface area (TPSA) is 46.5 Å². The van der Waals surface area contributed by atoms with E-state index in [0.29, 0.717) is 18.8 Å². The molecule has 0 saturated carbocycles. The molecule has 0 aromatic heterocycles. The van der Waals surface area contributed by atoms with Crippen molar-refractivity contribution in [3.05, 3.63) is 11.8 Å². The molecule has 1 fully saturated rings. The lowest BCUT2D eigenvalue weighted by atomic mass is 9.85. The zero-order chi connectivity index (χ0) is 7.90. The molecule has 1 unspecified atom stereocenters. The lowest BCUT2D eigenvalue weighted by Gasteiger charge is -2.16. The quantitative estimate of drug-likeness (QED) is 0.616. The zero-order valence-corrected chi connectivity index (χ0v) is 6.17. The van der Waals surface area contributed by atoms with Gasteiger partial charge in [0.25, 0.3) is 0 Å².